The van der Waals surface area contributed by atoms with Crippen LogP contribution in [0.1, 0.15) is 54.6 Å². The van der Waals surface area contributed by atoms with E-state index in [9.17, 15) is 9.59 Å². The minimum Gasteiger partial charge on any atom is -0.457 e. The van der Waals surface area contributed by atoms with Crippen LogP contribution in [-0.4, -0.2) is 36.4 Å². The third-order valence-corrected chi connectivity index (χ3v) is 6.88. The number of aromatic nitrogens is 1. The SMILES string of the molecule is O=C(COC(=O)[C@@H]1C[C@H]2CC[C@H]1C2)c1cnc(N2CCCCC2)s1. The molecule has 0 amide bonds. The van der Waals surface area contributed by atoms with Gasteiger partial charge in [0.15, 0.2) is 11.7 Å². The van der Waals surface area contributed by atoms with Crippen LogP contribution in [0.25, 0.3) is 0 Å². The topological polar surface area (TPSA) is 59.5 Å². The minimum atomic E-state index is -0.170. The zero-order valence-electron chi connectivity index (χ0n) is 13.9. The standard InChI is InChI=1S/C18H24N2O3S/c21-15(11-23-17(22)14-9-12-4-5-13(14)8-12)16-10-19-18(24-16)20-6-2-1-3-7-20/h10,12-14H,1-9,11H2/t12-,13-,14+/m0/s1. The summed E-state index contributed by atoms with van der Waals surface area (Å²) in [5, 5.41) is 0.914. The number of Topliss-reactive ketones (excluding diaryl/α,β-unsaturated/α-hetero) is 1. The summed E-state index contributed by atoms with van der Waals surface area (Å²) in [5.74, 6) is 0.925. The minimum absolute atomic E-state index is 0.0296. The number of carbonyl (C=O) groups excluding carboxylic acids is 2. The van der Waals surface area contributed by atoms with Gasteiger partial charge in [0.25, 0.3) is 0 Å². The van der Waals surface area contributed by atoms with E-state index in [4.69, 9.17) is 4.74 Å². The van der Waals surface area contributed by atoms with E-state index in [1.54, 1.807) is 6.20 Å². The number of anilines is 1. The average Bonchev–Trinajstić information content (AvgIpc) is 3.36. The second kappa shape index (κ2) is 6.82. The molecule has 3 aliphatic rings. The fraction of sp³-hybridized carbons (Fsp3) is 0.722. The molecule has 2 aliphatic carbocycles. The summed E-state index contributed by atoms with van der Waals surface area (Å²) in [7, 11) is 0. The van der Waals surface area contributed by atoms with Gasteiger partial charge in [-0.2, -0.15) is 0 Å². The second-order valence-electron chi connectivity index (χ2n) is 7.37. The first-order valence-corrected chi connectivity index (χ1v) is 9.93. The van der Waals surface area contributed by atoms with Gasteiger partial charge in [0.1, 0.15) is 0 Å². The van der Waals surface area contributed by atoms with Gasteiger partial charge in [0.05, 0.1) is 17.0 Å². The molecule has 1 aliphatic heterocycles. The van der Waals surface area contributed by atoms with Crippen molar-refractivity contribution in [2.24, 2.45) is 17.8 Å². The average molecular weight is 348 g/mol. The number of hydrogen-bond donors (Lipinski definition) is 0. The molecule has 0 N–H and O–H groups in total. The number of fused-ring (bicyclic) bond motifs is 2. The van der Waals surface area contributed by atoms with Crippen LogP contribution in [0.5, 0.6) is 0 Å². The summed E-state index contributed by atoms with van der Waals surface area (Å²) >= 11 is 1.42. The highest BCUT2D eigenvalue weighted by molar-refractivity contribution is 7.17. The molecular weight excluding hydrogens is 324 g/mol. The van der Waals surface area contributed by atoms with E-state index in [1.807, 2.05) is 0 Å². The molecular formula is C18H24N2O3S. The quantitative estimate of drug-likeness (QED) is 0.604. The normalized spacial score (nSPS) is 29.0. The number of nitrogens with zero attached hydrogens (tertiary/aromatic N) is 2. The summed E-state index contributed by atoms with van der Waals surface area (Å²) in [6, 6.07) is 0. The van der Waals surface area contributed by atoms with Crippen LogP contribution in [-0.2, 0) is 9.53 Å². The van der Waals surface area contributed by atoms with Crippen molar-refractivity contribution in [2.75, 3.05) is 24.6 Å². The number of hydrogen-bond acceptors (Lipinski definition) is 6. The number of esters is 1. The number of piperidine rings is 1. The van der Waals surface area contributed by atoms with Crippen molar-refractivity contribution in [3.8, 4) is 0 Å². The van der Waals surface area contributed by atoms with Gasteiger partial charge in [-0.05, 0) is 50.4 Å². The molecule has 0 aromatic carbocycles. The number of ether oxygens (including phenoxy) is 1. The van der Waals surface area contributed by atoms with Crippen LogP contribution in [0.4, 0.5) is 5.13 Å². The number of rotatable bonds is 5. The Morgan fingerprint density at radius 3 is 2.75 bits per heavy atom. The van der Waals surface area contributed by atoms with Crippen LogP contribution in [0.3, 0.4) is 0 Å². The third kappa shape index (κ3) is 3.21. The van der Waals surface area contributed by atoms with Crippen molar-refractivity contribution in [1.82, 2.24) is 4.98 Å². The monoisotopic (exact) mass is 348 g/mol. The number of ketones is 1. The van der Waals surface area contributed by atoms with Gasteiger partial charge in [0.2, 0.25) is 5.78 Å². The smallest absolute Gasteiger partial charge is 0.309 e. The Hall–Kier alpha value is -1.43. The Labute approximate surface area is 146 Å². The third-order valence-electron chi connectivity index (χ3n) is 5.78. The van der Waals surface area contributed by atoms with Gasteiger partial charge < -0.3 is 9.64 Å². The molecule has 5 nitrogen and oxygen atoms in total. The molecule has 3 atom stereocenters. The molecule has 0 spiro atoms. The lowest BCUT2D eigenvalue weighted by Gasteiger charge is -2.25. The fourth-order valence-corrected chi connectivity index (χ4v) is 5.37. The van der Waals surface area contributed by atoms with E-state index in [0.29, 0.717) is 16.7 Å². The van der Waals surface area contributed by atoms with Crippen LogP contribution in [0, 0.1) is 17.8 Å². The molecule has 0 unspecified atom stereocenters. The molecule has 6 heteroatoms. The predicted molar refractivity (Wildman–Crippen MR) is 92.4 cm³/mol. The van der Waals surface area contributed by atoms with Gasteiger partial charge in [-0.15, -0.1) is 0 Å². The van der Waals surface area contributed by atoms with Gasteiger partial charge in [-0.25, -0.2) is 4.98 Å². The van der Waals surface area contributed by atoms with Gasteiger partial charge in [-0.1, -0.05) is 17.8 Å². The van der Waals surface area contributed by atoms with E-state index in [2.05, 4.69) is 9.88 Å². The molecule has 4 rings (SSSR count). The molecule has 1 saturated heterocycles. The summed E-state index contributed by atoms with van der Waals surface area (Å²) < 4.78 is 5.33. The van der Waals surface area contributed by atoms with E-state index < -0.39 is 0 Å². The van der Waals surface area contributed by atoms with Crippen LogP contribution < -0.4 is 4.90 Å². The van der Waals surface area contributed by atoms with Gasteiger partial charge in [0, 0.05) is 13.1 Å². The summed E-state index contributed by atoms with van der Waals surface area (Å²) in [5.41, 5.74) is 0. The second-order valence-corrected chi connectivity index (χ2v) is 8.38. The van der Waals surface area contributed by atoms with E-state index in [1.165, 1.54) is 43.4 Å². The zero-order valence-corrected chi connectivity index (χ0v) is 14.7. The lowest BCUT2D eigenvalue weighted by molar-refractivity contribution is -0.149. The summed E-state index contributed by atoms with van der Waals surface area (Å²) in [4.78, 5) is 31.7. The molecule has 24 heavy (non-hydrogen) atoms. The molecule has 1 aromatic heterocycles. The first-order valence-electron chi connectivity index (χ1n) is 9.11. The largest absolute Gasteiger partial charge is 0.457 e. The van der Waals surface area contributed by atoms with Crippen molar-refractivity contribution in [2.45, 2.75) is 44.9 Å². The van der Waals surface area contributed by atoms with Crippen LogP contribution in [0.15, 0.2) is 6.20 Å². The first kappa shape index (κ1) is 16.1. The molecule has 0 radical (unpaired) electrons. The lowest BCUT2D eigenvalue weighted by Crippen LogP contribution is -2.29. The van der Waals surface area contributed by atoms with E-state index in [-0.39, 0.29) is 24.3 Å². The highest BCUT2D eigenvalue weighted by Gasteiger charge is 2.44. The highest BCUT2D eigenvalue weighted by atomic mass is 32.1. The first-order chi connectivity index (χ1) is 11.7. The highest BCUT2D eigenvalue weighted by Crippen LogP contribution is 2.48. The van der Waals surface area contributed by atoms with Crippen LogP contribution >= 0.6 is 11.3 Å². The molecule has 2 saturated carbocycles. The molecule has 2 heterocycles. The van der Waals surface area contributed by atoms with E-state index in [0.717, 1.165) is 31.1 Å². The van der Waals surface area contributed by atoms with E-state index >= 15 is 0 Å². The Bertz CT molecular complexity index is 624. The lowest BCUT2D eigenvalue weighted by atomic mass is 9.89. The molecule has 1 aromatic rings. The molecule has 2 bridgehead atoms. The van der Waals surface area contributed by atoms with Crippen molar-refractivity contribution < 1.29 is 14.3 Å². The van der Waals surface area contributed by atoms with Crippen molar-refractivity contribution in [3.05, 3.63) is 11.1 Å². The fourth-order valence-electron chi connectivity index (χ4n) is 4.47. The van der Waals surface area contributed by atoms with Crippen molar-refractivity contribution in [3.63, 3.8) is 0 Å². The maximum absolute atomic E-state index is 12.3. The Morgan fingerprint density at radius 1 is 1.21 bits per heavy atom. The predicted octanol–water partition coefficient (Wildman–Crippen LogP) is 3.30. The van der Waals surface area contributed by atoms with Crippen molar-refractivity contribution >= 4 is 28.2 Å². The summed E-state index contributed by atoms with van der Waals surface area (Å²) in [6.45, 7) is 1.88. The van der Waals surface area contributed by atoms with Crippen LogP contribution in [0.2, 0.25) is 0 Å². The van der Waals surface area contributed by atoms with Gasteiger partial charge in [-0.3, -0.25) is 9.59 Å². The van der Waals surface area contributed by atoms with Crippen molar-refractivity contribution in [1.29, 1.82) is 0 Å². The number of thiazole rings is 1. The summed E-state index contributed by atoms with van der Waals surface area (Å²) in [6.07, 6.45) is 9.79. The number of carbonyl (C=O) groups is 2. The maximum Gasteiger partial charge on any atom is 0.309 e. The van der Waals surface area contributed by atoms with Gasteiger partial charge >= 0.3 is 5.97 Å². The molecule has 3 fully saturated rings. The zero-order chi connectivity index (χ0) is 16.5. The Morgan fingerprint density at radius 2 is 2.04 bits per heavy atom. The maximum atomic E-state index is 12.3. The Balaban J connectivity index is 1.30. The molecule has 130 valence electrons. The Kier molecular flexibility index (Phi) is 4.57.